The molecule has 1 saturated carbocycles. The number of ether oxygens (including phenoxy) is 1. The predicted molar refractivity (Wildman–Crippen MR) is 86.1 cm³/mol. The summed E-state index contributed by atoms with van der Waals surface area (Å²) in [7, 11) is 0. The first-order chi connectivity index (χ1) is 11.1. The molecule has 1 heterocycles. The van der Waals surface area contributed by atoms with E-state index in [0.717, 1.165) is 18.4 Å². The summed E-state index contributed by atoms with van der Waals surface area (Å²) in [6.45, 7) is 1.32. The highest BCUT2D eigenvalue weighted by molar-refractivity contribution is 5.95. The van der Waals surface area contributed by atoms with Gasteiger partial charge < -0.3 is 15.2 Å². The molecule has 1 amide bonds. The van der Waals surface area contributed by atoms with Crippen LogP contribution in [0.5, 0.6) is 0 Å². The maximum atomic E-state index is 12.4. The minimum atomic E-state index is -0.768. The molecule has 0 bridgehead atoms. The van der Waals surface area contributed by atoms with E-state index in [9.17, 15) is 9.59 Å². The summed E-state index contributed by atoms with van der Waals surface area (Å²) in [5, 5.41) is 12.0. The number of carboxylic acid groups (broad SMARTS) is 1. The lowest BCUT2D eigenvalue weighted by Gasteiger charge is -2.16. The van der Waals surface area contributed by atoms with Crippen molar-refractivity contribution in [1.29, 1.82) is 0 Å². The number of benzene rings is 1. The monoisotopic (exact) mass is 315 g/mol. The zero-order valence-electron chi connectivity index (χ0n) is 13.0. The molecule has 1 aliphatic carbocycles. The lowest BCUT2D eigenvalue weighted by atomic mass is 9.99. The Balaban J connectivity index is 1.66. The average Bonchev–Trinajstić information content (AvgIpc) is 3.04. The lowest BCUT2D eigenvalue weighted by molar-refractivity contribution is -0.141. The lowest BCUT2D eigenvalue weighted by Crippen LogP contribution is -2.33. The van der Waals surface area contributed by atoms with E-state index in [1.54, 1.807) is 6.07 Å². The SMILES string of the molecule is O=C(N[C@@H]1CC[C@H](C(=O)O)C1)c1cccc(C2=CCOCC2)c1. The Hall–Kier alpha value is -2.14. The topological polar surface area (TPSA) is 75.6 Å². The second kappa shape index (κ2) is 6.96. The molecule has 2 aliphatic rings. The van der Waals surface area contributed by atoms with Crippen LogP contribution in [0.15, 0.2) is 30.3 Å². The van der Waals surface area contributed by atoms with Crippen molar-refractivity contribution in [2.75, 3.05) is 13.2 Å². The molecule has 0 spiro atoms. The molecule has 122 valence electrons. The Bertz CT molecular complexity index is 638. The van der Waals surface area contributed by atoms with Crippen LogP contribution in [0.1, 0.15) is 41.6 Å². The first kappa shape index (κ1) is 15.7. The molecule has 1 fully saturated rings. The number of aliphatic carboxylic acids is 1. The summed E-state index contributed by atoms with van der Waals surface area (Å²) in [5.41, 5.74) is 2.88. The number of carbonyl (C=O) groups is 2. The van der Waals surface area contributed by atoms with Gasteiger partial charge in [0.25, 0.3) is 5.91 Å². The van der Waals surface area contributed by atoms with E-state index in [0.29, 0.717) is 31.6 Å². The third-order valence-electron chi connectivity index (χ3n) is 4.58. The van der Waals surface area contributed by atoms with E-state index in [2.05, 4.69) is 11.4 Å². The van der Waals surface area contributed by atoms with Crippen LogP contribution in [0.4, 0.5) is 0 Å². The molecular weight excluding hydrogens is 294 g/mol. The van der Waals surface area contributed by atoms with E-state index >= 15 is 0 Å². The van der Waals surface area contributed by atoms with Crippen molar-refractivity contribution >= 4 is 17.4 Å². The highest BCUT2D eigenvalue weighted by Gasteiger charge is 2.30. The van der Waals surface area contributed by atoms with E-state index in [1.807, 2.05) is 18.2 Å². The molecule has 23 heavy (non-hydrogen) atoms. The number of hydrogen-bond donors (Lipinski definition) is 2. The van der Waals surface area contributed by atoms with Gasteiger partial charge in [0, 0.05) is 11.6 Å². The van der Waals surface area contributed by atoms with Crippen molar-refractivity contribution in [2.24, 2.45) is 5.92 Å². The molecule has 0 radical (unpaired) electrons. The van der Waals surface area contributed by atoms with Gasteiger partial charge in [0.05, 0.1) is 19.1 Å². The number of amides is 1. The van der Waals surface area contributed by atoms with Gasteiger partial charge in [-0.15, -0.1) is 0 Å². The number of nitrogens with one attached hydrogen (secondary N) is 1. The summed E-state index contributed by atoms with van der Waals surface area (Å²) in [4.78, 5) is 23.4. The van der Waals surface area contributed by atoms with Crippen molar-refractivity contribution in [3.8, 4) is 0 Å². The molecule has 0 saturated heterocycles. The fourth-order valence-corrected chi connectivity index (χ4v) is 3.26. The Morgan fingerprint density at radius 1 is 1.26 bits per heavy atom. The molecule has 5 nitrogen and oxygen atoms in total. The fraction of sp³-hybridized carbons (Fsp3) is 0.444. The first-order valence-corrected chi connectivity index (χ1v) is 8.04. The van der Waals surface area contributed by atoms with E-state index in [1.165, 1.54) is 5.57 Å². The standard InChI is InChI=1S/C18H21NO4/c20-17(19-16-5-4-15(11-16)18(21)22)14-3-1-2-13(10-14)12-6-8-23-9-7-12/h1-3,6,10,15-16H,4-5,7-9,11H2,(H,19,20)(H,21,22)/t15-,16+/m0/s1. The van der Waals surface area contributed by atoms with Gasteiger partial charge in [-0.05, 0) is 49.0 Å². The maximum absolute atomic E-state index is 12.4. The van der Waals surface area contributed by atoms with Crippen LogP contribution in [0.25, 0.3) is 5.57 Å². The van der Waals surface area contributed by atoms with Gasteiger partial charge in [0.1, 0.15) is 0 Å². The van der Waals surface area contributed by atoms with Gasteiger partial charge in [-0.3, -0.25) is 9.59 Å². The van der Waals surface area contributed by atoms with Gasteiger partial charge in [0.15, 0.2) is 0 Å². The molecule has 1 aromatic carbocycles. The number of hydrogen-bond acceptors (Lipinski definition) is 3. The first-order valence-electron chi connectivity index (χ1n) is 8.04. The van der Waals surface area contributed by atoms with E-state index in [4.69, 9.17) is 9.84 Å². The maximum Gasteiger partial charge on any atom is 0.306 e. The van der Waals surface area contributed by atoms with Crippen LogP contribution >= 0.6 is 0 Å². The van der Waals surface area contributed by atoms with Gasteiger partial charge in [-0.1, -0.05) is 18.2 Å². The van der Waals surface area contributed by atoms with Crippen LogP contribution in [0.2, 0.25) is 0 Å². The van der Waals surface area contributed by atoms with Gasteiger partial charge in [-0.2, -0.15) is 0 Å². The normalized spacial score (nSPS) is 24.1. The van der Waals surface area contributed by atoms with E-state index < -0.39 is 5.97 Å². The van der Waals surface area contributed by atoms with Crippen molar-refractivity contribution < 1.29 is 19.4 Å². The van der Waals surface area contributed by atoms with E-state index in [-0.39, 0.29) is 17.9 Å². The minimum absolute atomic E-state index is 0.0467. The second-order valence-corrected chi connectivity index (χ2v) is 6.15. The summed E-state index contributed by atoms with van der Waals surface area (Å²) in [5.74, 6) is -1.23. The number of carbonyl (C=O) groups excluding carboxylic acids is 1. The second-order valence-electron chi connectivity index (χ2n) is 6.15. The smallest absolute Gasteiger partial charge is 0.306 e. The molecular formula is C18H21NO4. The molecule has 1 aromatic rings. The van der Waals surface area contributed by atoms with Crippen molar-refractivity contribution in [2.45, 2.75) is 31.7 Å². The zero-order chi connectivity index (χ0) is 16.2. The Morgan fingerprint density at radius 3 is 2.83 bits per heavy atom. The molecule has 3 rings (SSSR count). The molecule has 0 unspecified atom stereocenters. The summed E-state index contributed by atoms with van der Waals surface area (Å²) >= 11 is 0. The van der Waals surface area contributed by atoms with Crippen LogP contribution in [0, 0.1) is 5.92 Å². The number of carboxylic acids is 1. The average molecular weight is 315 g/mol. The zero-order valence-corrected chi connectivity index (χ0v) is 13.0. The van der Waals surface area contributed by atoms with Crippen molar-refractivity contribution in [3.63, 3.8) is 0 Å². The Morgan fingerprint density at radius 2 is 2.13 bits per heavy atom. The quantitative estimate of drug-likeness (QED) is 0.895. The predicted octanol–water partition coefficient (Wildman–Crippen LogP) is 2.47. The van der Waals surface area contributed by atoms with Gasteiger partial charge in [0.2, 0.25) is 0 Å². The molecule has 5 heteroatoms. The third kappa shape index (κ3) is 3.79. The van der Waals surface area contributed by atoms with Crippen LogP contribution in [-0.2, 0) is 9.53 Å². The number of rotatable bonds is 4. The summed E-state index contributed by atoms with van der Waals surface area (Å²) in [6.07, 6.45) is 4.78. The van der Waals surface area contributed by atoms with Gasteiger partial charge >= 0.3 is 5.97 Å². The molecule has 1 aliphatic heterocycles. The fourth-order valence-electron chi connectivity index (χ4n) is 3.26. The van der Waals surface area contributed by atoms with Crippen LogP contribution < -0.4 is 5.32 Å². The van der Waals surface area contributed by atoms with Crippen LogP contribution in [-0.4, -0.2) is 36.2 Å². The van der Waals surface area contributed by atoms with Crippen molar-refractivity contribution in [3.05, 3.63) is 41.5 Å². The molecule has 2 N–H and O–H groups in total. The molecule has 0 aromatic heterocycles. The Kier molecular flexibility index (Phi) is 4.76. The Labute approximate surface area is 135 Å². The molecule has 2 atom stereocenters. The summed E-state index contributed by atoms with van der Waals surface area (Å²) < 4.78 is 5.31. The third-order valence-corrected chi connectivity index (χ3v) is 4.58. The highest BCUT2D eigenvalue weighted by atomic mass is 16.5. The highest BCUT2D eigenvalue weighted by Crippen LogP contribution is 2.26. The minimum Gasteiger partial charge on any atom is -0.481 e. The summed E-state index contributed by atoms with van der Waals surface area (Å²) in [6, 6.07) is 7.53. The largest absolute Gasteiger partial charge is 0.481 e. The van der Waals surface area contributed by atoms with Crippen LogP contribution in [0.3, 0.4) is 0 Å². The van der Waals surface area contributed by atoms with Gasteiger partial charge in [-0.25, -0.2) is 0 Å². The van der Waals surface area contributed by atoms with Crippen molar-refractivity contribution in [1.82, 2.24) is 5.32 Å².